The molecule has 0 saturated carbocycles. The number of nitrogens with one attached hydrogen (secondary N) is 1. The number of carbonyl (C=O) groups is 1. The third-order valence-electron chi connectivity index (χ3n) is 5.35. The molecular formula is C25H17FN4O4S. The quantitative estimate of drug-likeness (QED) is 0.228. The molecule has 5 aromatic rings. The van der Waals surface area contributed by atoms with Crippen molar-refractivity contribution in [1.29, 1.82) is 0 Å². The standard InChI is InChI=1S/C25H17FN4O4S/c1-34-24(33)14-10-11-15-19(12-14)27-21(29-22(15)31)13-35-25-28-18-8-4-2-6-16(18)23(32)30(25)20-9-5-3-7-17(20)26/h2-12H,13H2,1H3,(H,27,29,31). The van der Waals surface area contributed by atoms with Crippen LogP contribution in [0.2, 0.25) is 0 Å². The van der Waals surface area contributed by atoms with Gasteiger partial charge in [-0.25, -0.2) is 19.2 Å². The van der Waals surface area contributed by atoms with Crippen molar-refractivity contribution in [1.82, 2.24) is 19.5 Å². The van der Waals surface area contributed by atoms with Gasteiger partial charge in [-0.1, -0.05) is 36.0 Å². The lowest BCUT2D eigenvalue weighted by Gasteiger charge is -2.13. The zero-order chi connectivity index (χ0) is 24.5. The highest BCUT2D eigenvalue weighted by Crippen LogP contribution is 2.25. The van der Waals surface area contributed by atoms with Crippen LogP contribution in [-0.2, 0) is 10.5 Å². The fourth-order valence-corrected chi connectivity index (χ4v) is 4.56. The Hall–Kier alpha value is -4.31. The molecule has 0 fully saturated rings. The predicted molar refractivity (Wildman–Crippen MR) is 131 cm³/mol. The number of aromatic nitrogens is 4. The Balaban J connectivity index is 1.59. The van der Waals surface area contributed by atoms with Gasteiger partial charge in [-0.2, -0.15) is 0 Å². The average Bonchev–Trinajstić information content (AvgIpc) is 2.87. The summed E-state index contributed by atoms with van der Waals surface area (Å²) in [6, 6.07) is 17.2. The second-order valence-electron chi connectivity index (χ2n) is 7.53. The summed E-state index contributed by atoms with van der Waals surface area (Å²) in [7, 11) is 1.27. The first kappa shape index (κ1) is 22.5. The summed E-state index contributed by atoms with van der Waals surface area (Å²) in [5, 5.41) is 0.913. The van der Waals surface area contributed by atoms with Crippen molar-refractivity contribution >= 4 is 39.5 Å². The number of rotatable bonds is 5. The molecule has 0 spiro atoms. The minimum atomic E-state index is -0.568. The molecule has 10 heteroatoms. The summed E-state index contributed by atoms with van der Waals surface area (Å²) in [4.78, 5) is 49.5. The van der Waals surface area contributed by atoms with E-state index in [0.717, 1.165) is 11.8 Å². The van der Waals surface area contributed by atoms with Gasteiger partial charge in [-0.15, -0.1) is 0 Å². The third-order valence-corrected chi connectivity index (χ3v) is 6.30. The number of hydrogen-bond acceptors (Lipinski definition) is 7. The van der Waals surface area contributed by atoms with Crippen LogP contribution < -0.4 is 11.1 Å². The zero-order valence-electron chi connectivity index (χ0n) is 18.3. The zero-order valence-corrected chi connectivity index (χ0v) is 19.1. The molecule has 3 aromatic carbocycles. The number of H-pyrrole nitrogens is 1. The minimum Gasteiger partial charge on any atom is -0.465 e. The minimum absolute atomic E-state index is 0.0703. The smallest absolute Gasteiger partial charge is 0.337 e. The van der Waals surface area contributed by atoms with Gasteiger partial charge in [0.05, 0.1) is 45.9 Å². The van der Waals surface area contributed by atoms with Crippen molar-refractivity contribution < 1.29 is 13.9 Å². The van der Waals surface area contributed by atoms with Gasteiger partial charge in [0, 0.05) is 0 Å². The number of ether oxygens (including phenoxy) is 1. The monoisotopic (exact) mass is 488 g/mol. The Morgan fingerprint density at radius 3 is 2.57 bits per heavy atom. The topological polar surface area (TPSA) is 107 Å². The molecule has 0 radical (unpaired) electrons. The summed E-state index contributed by atoms with van der Waals surface area (Å²) in [6.45, 7) is 0. The van der Waals surface area contributed by atoms with E-state index in [1.807, 2.05) is 0 Å². The molecule has 5 rings (SSSR count). The maximum atomic E-state index is 14.7. The first-order valence-corrected chi connectivity index (χ1v) is 11.5. The van der Waals surface area contributed by atoms with Crippen molar-refractivity contribution in [2.45, 2.75) is 10.9 Å². The van der Waals surface area contributed by atoms with Gasteiger partial charge in [-0.05, 0) is 42.5 Å². The molecule has 0 aliphatic rings. The lowest BCUT2D eigenvalue weighted by Crippen LogP contribution is -2.22. The molecular weight excluding hydrogens is 471 g/mol. The molecule has 0 bridgehead atoms. The van der Waals surface area contributed by atoms with Gasteiger partial charge < -0.3 is 9.72 Å². The molecule has 8 nitrogen and oxygen atoms in total. The normalized spacial score (nSPS) is 11.1. The molecule has 0 aliphatic carbocycles. The molecule has 0 aliphatic heterocycles. The van der Waals surface area contributed by atoms with Crippen LogP contribution in [0.4, 0.5) is 4.39 Å². The number of methoxy groups -OCH3 is 1. The second kappa shape index (κ2) is 9.15. The summed E-state index contributed by atoms with van der Waals surface area (Å²) < 4.78 is 20.6. The van der Waals surface area contributed by atoms with Crippen LogP contribution in [0.25, 0.3) is 27.5 Å². The van der Waals surface area contributed by atoms with Crippen LogP contribution >= 0.6 is 11.8 Å². The van der Waals surface area contributed by atoms with Crippen molar-refractivity contribution in [3.63, 3.8) is 0 Å². The number of para-hydroxylation sites is 2. The lowest BCUT2D eigenvalue weighted by molar-refractivity contribution is 0.0601. The van der Waals surface area contributed by atoms with Crippen LogP contribution in [0.3, 0.4) is 0 Å². The predicted octanol–water partition coefficient (Wildman–Crippen LogP) is 3.84. The summed E-state index contributed by atoms with van der Waals surface area (Å²) in [5.74, 6) is -0.676. The van der Waals surface area contributed by atoms with E-state index in [2.05, 4.69) is 15.0 Å². The van der Waals surface area contributed by atoms with E-state index < -0.39 is 17.3 Å². The number of nitrogens with zero attached hydrogens (tertiary/aromatic N) is 3. The molecule has 0 saturated heterocycles. The average molecular weight is 489 g/mol. The summed E-state index contributed by atoms with van der Waals surface area (Å²) in [6.07, 6.45) is 0. The number of carbonyl (C=O) groups excluding carboxylic acids is 1. The molecule has 35 heavy (non-hydrogen) atoms. The molecule has 0 amide bonds. The van der Waals surface area contributed by atoms with E-state index in [1.54, 1.807) is 30.3 Å². The van der Waals surface area contributed by atoms with E-state index >= 15 is 0 Å². The van der Waals surface area contributed by atoms with Crippen molar-refractivity contribution in [3.05, 3.63) is 105 Å². The fourth-order valence-electron chi connectivity index (χ4n) is 3.69. The van der Waals surface area contributed by atoms with Crippen LogP contribution in [0.5, 0.6) is 0 Å². The Labute approximate surface area is 201 Å². The fraction of sp³-hybridized carbons (Fsp3) is 0.0800. The van der Waals surface area contributed by atoms with Gasteiger partial charge in [0.1, 0.15) is 11.6 Å². The van der Waals surface area contributed by atoms with Crippen molar-refractivity contribution in [3.8, 4) is 5.69 Å². The Morgan fingerprint density at radius 2 is 1.77 bits per heavy atom. The number of thioether (sulfide) groups is 1. The van der Waals surface area contributed by atoms with E-state index in [0.29, 0.717) is 27.6 Å². The highest BCUT2D eigenvalue weighted by atomic mass is 32.2. The van der Waals surface area contributed by atoms with Crippen LogP contribution in [0, 0.1) is 5.82 Å². The van der Waals surface area contributed by atoms with Gasteiger partial charge >= 0.3 is 5.97 Å². The van der Waals surface area contributed by atoms with Crippen LogP contribution in [0.15, 0.2) is 81.5 Å². The SMILES string of the molecule is COC(=O)c1ccc2c(=O)[nH]c(CSc3nc4ccccc4c(=O)n3-c3ccccc3F)nc2c1. The van der Waals surface area contributed by atoms with Crippen LogP contribution in [0.1, 0.15) is 16.2 Å². The maximum absolute atomic E-state index is 14.7. The molecule has 2 aromatic heterocycles. The van der Waals surface area contributed by atoms with Crippen LogP contribution in [-0.4, -0.2) is 32.6 Å². The van der Waals surface area contributed by atoms with E-state index in [1.165, 1.54) is 48.1 Å². The van der Waals surface area contributed by atoms with E-state index in [4.69, 9.17) is 4.74 Å². The van der Waals surface area contributed by atoms with Gasteiger partial charge in [-0.3, -0.25) is 14.2 Å². The summed E-state index contributed by atoms with van der Waals surface area (Å²) in [5.41, 5.74) is 0.341. The van der Waals surface area contributed by atoms with Crippen molar-refractivity contribution in [2.24, 2.45) is 0 Å². The first-order valence-electron chi connectivity index (χ1n) is 10.5. The third kappa shape index (κ3) is 4.19. The number of esters is 1. The highest BCUT2D eigenvalue weighted by Gasteiger charge is 2.17. The molecule has 174 valence electrons. The molecule has 1 N–H and O–H groups in total. The number of aromatic amines is 1. The van der Waals surface area contributed by atoms with Gasteiger partial charge in [0.25, 0.3) is 11.1 Å². The summed E-state index contributed by atoms with van der Waals surface area (Å²) >= 11 is 1.13. The van der Waals surface area contributed by atoms with Crippen molar-refractivity contribution in [2.75, 3.05) is 7.11 Å². The molecule has 0 unspecified atom stereocenters. The maximum Gasteiger partial charge on any atom is 0.337 e. The lowest BCUT2D eigenvalue weighted by atomic mass is 10.1. The Morgan fingerprint density at radius 1 is 1.00 bits per heavy atom. The largest absolute Gasteiger partial charge is 0.465 e. The van der Waals surface area contributed by atoms with E-state index in [9.17, 15) is 18.8 Å². The number of benzene rings is 3. The number of halogens is 1. The second-order valence-corrected chi connectivity index (χ2v) is 8.47. The molecule has 0 atom stereocenters. The number of fused-ring (bicyclic) bond motifs is 2. The highest BCUT2D eigenvalue weighted by molar-refractivity contribution is 7.98. The Bertz CT molecular complexity index is 1730. The van der Waals surface area contributed by atoms with Gasteiger partial charge in [0.2, 0.25) is 0 Å². The first-order chi connectivity index (χ1) is 17.0. The Kier molecular flexibility index (Phi) is 5.87. The van der Waals surface area contributed by atoms with E-state index in [-0.39, 0.29) is 27.7 Å². The number of hydrogen-bond donors (Lipinski definition) is 1. The van der Waals surface area contributed by atoms with Gasteiger partial charge in [0.15, 0.2) is 5.16 Å². The molecule has 2 heterocycles.